The Labute approximate surface area is 169 Å². The van der Waals surface area contributed by atoms with Crippen LogP contribution in [-0.2, 0) is 9.47 Å². The summed E-state index contributed by atoms with van der Waals surface area (Å²) in [5.41, 5.74) is 2.11. The van der Waals surface area contributed by atoms with Crippen molar-refractivity contribution in [3.8, 4) is 0 Å². The fraction of sp³-hybridized carbons (Fsp3) is 0.400. The molecule has 0 aliphatic carbocycles. The number of carbonyl (C=O) groups is 2. The van der Waals surface area contributed by atoms with Crippen LogP contribution in [-0.4, -0.2) is 66.8 Å². The molecule has 1 amide bonds. The molecule has 0 atom stereocenters. The van der Waals surface area contributed by atoms with Crippen molar-refractivity contribution in [3.05, 3.63) is 41.6 Å². The summed E-state index contributed by atoms with van der Waals surface area (Å²) in [6.45, 7) is 6.47. The van der Waals surface area contributed by atoms with Crippen LogP contribution in [0.1, 0.15) is 23.0 Å². The lowest BCUT2D eigenvalue weighted by molar-refractivity contribution is 0.0600. The highest BCUT2D eigenvalue weighted by Gasteiger charge is 2.23. The van der Waals surface area contributed by atoms with Crippen molar-refractivity contribution in [2.75, 3.05) is 50.1 Å². The van der Waals surface area contributed by atoms with E-state index in [9.17, 15) is 9.59 Å². The molecule has 1 N–H and O–H groups in total. The third-order valence-electron chi connectivity index (χ3n) is 4.51. The van der Waals surface area contributed by atoms with E-state index in [0.717, 1.165) is 11.4 Å². The van der Waals surface area contributed by atoms with E-state index >= 15 is 0 Å². The molecule has 2 heterocycles. The summed E-state index contributed by atoms with van der Waals surface area (Å²) in [7, 11) is 1.35. The number of amides is 1. The number of anilines is 3. The molecule has 1 aromatic carbocycles. The first-order valence-electron chi connectivity index (χ1n) is 9.48. The zero-order valence-electron chi connectivity index (χ0n) is 16.8. The van der Waals surface area contributed by atoms with Crippen LogP contribution in [0.25, 0.3) is 0 Å². The smallest absolute Gasteiger partial charge is 0.409 e. The van der Waals surface area contributed by atoms with Crippen molar-refractivity contribution in [2.24, 2.45) is 0 Å². The van der Waals surface area contributed by atoms with Crippen LogP contribution in [0.2, 0.25) is 0 Å². The van der Waals surface area contributed by atoms with Gasteiger partial charge in [0.25, 0.3) is 0 Å². The Bertz CT molecular complexity index is 864. The third kappa shape index (κ3) is 5.13. The van der Waals surface area contributed by atoms with Crippen LogP contribution < -0.4 is 10.2 Å². The van der Waals surface area contributed by atoms with E-state index in [1.165, 1.54) is 7.11 Å². The van der Waals surface area contributed by atoms with Crippen LogP contribution >= 0.6 is 0 Å². The van der Waals surface area contributed by atoms with E-state index < -0.39 is 0 Å². The van der Waals surface area contributed by atoms with Crippen molar-refractivity contribution in [1.82, 2.24) is 14.9 Å². The van der Waals surface area contributed by atoms with Crippen molar-refractivity contribution < 1.29 is 19.1 Å². The number of hydrogen-bond donors (Lipinski definition) is 1. The molecule has 2 aromatic rings. The molecule has 0 spiro atoms. The molecule has 0 saturated carbocycles. The number of nitrogens with one attached hydrogen (secondary N) is 1. The Hall–Kier alpha value is -3.36. The second-order valence-electron chi connectivity index (χ2n) is 6.56. The Morgan fingerprint density at radius 3 is 2.41 bits per heavy atom. The summed E-state index contributed by atoms with van der Waals surface area (Å²) in [6, 6.07) is 8.82. The van der Waals surface area contributed by atoms with Crippen LogP contribution in [0.5, 0.6) is 0 Å². The van der Waals surface area contributed by atoms with E-state index in [0.29, 0.717) is 50.1 Å². The Morgan fingerprint density at radius 1 is 1.10 bits per heavy atom. The zero-order chi connectivity index (χ0) is 20.8. The second-order valence-corrected chi connectivity index (χ2v) is 6.56. The number of benzene rings is 1. The van der Waals surface area contributed by atoms with Gasteiger partial charge in [-0.05, 0) is 38.1 Å². The molecule has 0 unspecified atom stereocenters. The van der Waals surface area contributed by atoms with Gasteiger partial charge >= 0.3 is 12.1 Å². The quantitative estimate of drug-likeness (QED) is 0.767. The SMILES string of the molecule is CCOC(=O)N1CCN(c2nc(C)cc(Nc3ccc(C(=O)OC)cc3)n2)CC1. The zero-order valence-corrected chi connectivity index (χ0v) is 16.8. The van der Waals surface area contributed by atoms with Crippen LogP contribution in [0, 0.1) is 6.92 Å². The first-order chi connectivity index (χ1) is 14.0. The van der Waals surface area contributed by atoms with Gasteiger partial charge in [-0.2, -0.15) is 4.98 Å². The first kappa shape index (κ1) is 20.4. The number of carbonyl (C=O) groups excluding carboxylic acids is 2. The summed E-state index contributed by atoms with van der Waals surface area (Å²) in [4.78, 5) is 36.3. The number of esters is 1. The van der Waals surface area contributed by atoms with Gasteiger partial charge in [0.05, 0.1) is 19.3 Å². The highest BCUT2D eigenvalue weighted by molar-refractivity contribution is 5.89. The summed E-state index contributed by atoms with van der Waals surface area (Å²) < 4.78 is 9.77. The molecule has 0 bridgehead atoms. The number of aromatic nitrogens is 2. The second kappa shape index (κ2) is 9.22. The molecule has 1 fully saturated rings. The maximum Gasteiger partial charge on any atom is 0.409 e. The Balaban J connectivity index is 1.67. The van der Waals surface area contributed by atoms with Crippen molar-refractivity contribution in [3.63, 3.8) is 0 Å². The van der Waals surface area contributed by atoms with Crippen molar-refractivity contribution >= 4 is 29.5 Å². The van der Waals surface area contributed by atoms with Crippen LogP contribution in [0.15, 0.2) is 30.3 Å². The lowest BCUT2D eigenvalue weighted by Crippen LogP contribution is -2.49. The number of aryl methyl sites for hydroxylation is 1. The molecule has 3 rings (SSSR count). The topological polar surface area (TPSA) is 96.9 Å². The Kier molecular flexibility index (Phi) is 6.48. The molecule has 9 nitrogen and oxygen atoms in total. The molecule has 1 aliphatic heterocycles. The highest BCUT2D eigenvalue weighted by Crippen LogP contribution is 2.20. The van der Waals surface area contributed by atoms with Gasteiger partial charge in [-0.25, -0.2) is 14.6 Å². The number of piperazine rings is 1. The Morgan fingerprint density at radius 2 is 1.79 bits per heavy atom. The maximum atomic E-state index is 11.9. The summed E-state index contributed by atoms with van der Waals surface area (Å²) >= 11 is 0. The number of rotatable bonds is 5. The largest absolute Gasteiger partial charge is 0.465 e. The molecular formula is C20H25N5O4. The molecule has 29 heavy (non-hydrogen) atoms. The molecule has 154 valence electrons. The summed E-state index contributed by atoms with van der Waals surface area (Å²) in [6.07, 6.45) is -0.282. The molecule has 1 aromatic heterocycles. The fourth-order valence-electron chi connectivity index (χ4n) is 3.02. The number of ether oxygens (including phenoxy) is 2. The van der Waals surface area contributed by atoms with Gasteiger partial charge in [0, 0.05) is 43.6 Å². The average molecular weight is 399 g/mol. The van der Waals surface area contributed by atoms with E-state index in [-0.39, 0.29) is 12.1 Å². The predicted molar refractivity (Wildman–Crippen MR) is 109 cm³/mol. The minimum Gasteiger partial charge on any atom is -0.465 e. The van der Waals surface area contributed by atoms with Crippen LogP contribution in [0.3, 0.4) is 0 Å². The van der Waals surface area contributed by atoms with Crippen molar-refractivity contribution in [2.45, 2.75) is 13.8 Å². The normalized spacial score (nSPS) is 13.8. The van der Waals surface area contributed by atoms with Gasteiger partial charge in [0.2, 0.25) is 5.95 Å². The first-order valence-corrected chi connectivity index (χ1v) is 9.48. The van der Waals surface area contributed by atoms with Gasteiger partial charge in [0.1, 0.15) is 5.82 Å². The third-order valence-corrected chi connectivity index (χ3v) is 4.51. The van der Waals surface area contributed by atoms with Gasteiger partial charge in [-0.15, -0.1) is 0 Å². The van der Waals surface area contributed by atoms with E-state index in [1.54, 1.807) is 36.1 Å². The van der Waals surface area contributed by atoms with E-state index in [1.807, 2.05) is 17.9 Å². The van der Waals surface area contributed by atoms with Gasteiger partial charge in [0.15, 0.2) is 0 Å². The number of methoxy groups -OCH3 is 1. The summed E-state index contributed by atoms with van der Waals surface area (Å²) in [5, 5.41) is 3.24. The standard InChI is InChI=1S/C20H25N5O4/c1-4-29-20(27)25-11-9-24(10-12-25)19-21-14(2)13-17(23-19)22-16-7-5-15(6-8-16)18(26)28-3/h5-8,13H,4,9-12H2,1-3H3,(H,21,22,23). The lowest BCUT2D eigenvalue weighted by atomic mass is 10.2. The number of hydrogen-bond acceptors (Lipinski definition) is 8. The molecule has 9 heteroatoms. The highest BCUT2D eigenvalue weighted by atomic mass is 16.6. The minimum absolute atomic E-state index is 0.282. The molecule has 1 saturated heterocycles. The van der Waals surface area contributed by atoms with Gasteiger partial charge < -0.3 is 24.6 Å². The minimum atomic E-state index is -0.376. The average Bonchev–Trinajstić information content (AvgIpc) is 2.73. The predicted octanol–water partition coefficient (Wildman–Crippen LogP) is 2.59. The van der Waals surface area contributed by atoms with Crippen molar-refractivity contribution in [1.29, 1.82) is 0 Å². The molecule has 1 aliphatic rings. The van der Waals surface area contributed by atoms with Gasteiger partial charge in [-0.1, -0.05) is 0 Å². The summed E-state index contributed by atoms with van der Waals surface area (Å²) in [5.74, 6) is 0.895. The van der Waals surface area contributed by atoms with E-state index in [2.05, 4.69) is 15.3 Å². The number of nitrogens with zero attached hydrogens (tertiary/aromatic N) is 4. The van der Waals surface area contributed by atoms with Gasteiger partial charge in [-0.3, -0.25) is 0 Å². The monoisotopic (exact) mass is 399 g/mol. The maximum absolute atomic E-state index is 11.9. The van der Waals surface area contributed by atoms with E-state index in [4.69, 9.17) is 9.47 Å². The van der Waals surface area contributed by atoms with Crippen LogP contribution in [0.4, 0.5) is 22.2 Å². The lowest BCUT2D eigenvalue weighted by Gasteiger charge is -2.34. The molecular weight excluding hydrogens is 374 g/mol. The molecule has 0 radical (unpaired) electrons. The fourth-order valence-corrected chi connectivity index (χ4v) is 3.02.